The summed E-state index contributed by atoms with van der Waals surface area (Å²) < 4.78 is 0.936. The normalized spacial score (nSPS) is 10.5. The van der Waals surface area contributed by atoms with Crippen molar-refractivity contribution >= 4 is 39.6 Å². The van der Waals surface area contributed by atoms with Gasteiger partial charge in [0.25, 0.3) is 0 Å². The van der Waals surface area contributed by atoms with E-state index in [1.165, 1.54) is 0 Å². The van der Waals surface area contributed by atoms with E-state index in [1.807, 2.05) is 42.5 Å². The minimum Gasteiger partial charge on any atom is -0.326 e. The van der Waals surface area contributed by atoms with Crippen molar-refractivity contribution in [3.05, 3.63) is 64.6 Å². The Hall–Kier alpha value is -2.47. The first-order chi connectivity index (χ1) is 11.1. The second kappa shape index (κ2) is 8.85. The molecule has 0 aliphatic rings. The maximum atomic E-state index is 11.7. The number of nitrogens with zero attached hydrogens (tertiary/aromatic N) is 1. The summed E-state index contributed by atoms with van der Waals surface area (Å²) in [5.74, 6) is -0.512. The molecule has 2 amide bonds. The van der Waals surface area contributed by atoms with E-state index < -0.39 is 0 Å². The Labute approximate surface area is 142 Å². The molecule has 0 unspecified atom stereocenters. The summed E-state index contributed by atoms with van der Waals surface area (Å²) in [5.41, 5.74) is 3.98. The van der Waals surface area contributed by atoms with Crippen molar-refractivity contribution in [2.75, 3.05) is 5.32 Å². The zero-order chi connectivity index (χ0) is 16.5. The first-order valence-corrected chi connectivity index (χ1v) is 7.85. The van der Waals surface area contributed by atoms with Gasteiger partial charge in [-0.1, -0.05) is 46.3 Å². The van der Waals surface area contributed by atoms with E-state index in [2.05, 4.69) is 31.8 Å². The number of nitrogens with one attached hydrogen (secondary N) is 2. The number of benzene rings is 2. The summed E-state index contributed by atoms with van der Waals surface area (Å²) in [5, 5.41) is 6.59. The first-order valence-electron chi connectivity index (χ1n) is 7.06. The monoisotopic (exact) mass is 373 g/mol. The molecule has 0 bridgehead atoms. The first kappa shape index (κ1) is 16.9. The van der Waals surface area contributed by atoms with E-state index in [0.29, 0.717) is 5.69 Å². The lowest BCUT2D eigenvalue weighted by Crippen LogP contribution is -2.20. The minimum atomic E-state index is -0.306. The molecule has 0 aliphatic heterocycles. The van der Waals surface area contributed by atoms with Gasteiger partial charge in [-0.15, -0.1) is 0 Å². The smallest absolute Gasteiger partial charge is 0.240 e. The lowest BCUT2D eigenvalue weighted by atomic mass is 10.2. The summed E-state index contributed by atoms with van der Waals surface area (Å²) in [7, 11) is 0. The zero-order valence-electron chi connectivity index (χ0n) is 12.3. The quantitative estimate of drug-likeness (QED) is 0.602. The Balaban J connectivity index is 1.71. The second-order valence-electron chi connectivity index (χ2n) is 4.76. The third kappa shape index (κ3) is 6.44. The SMILES string of the molecule is O=C(CCC(=O)Nc1ccccc1)NN=Cc1cccc(Br)c1. The van der Waals surface area contributed by atoms with E-state index in [9.17, 15) is 9.59 Å². The van der Waals surface area contributed by atoms with Crippen LogP contribution in [0.2, 0.25) is 0 Å². The molecule has 2 aromatic carbocycles. The van der Waals surface area contributed by atoms with Gasteiger partial charge in [0.2, 0.25) is 11.8 Å². The third-order valence-corrected chi connectivity index (χ3v) is 3.38. The summed E-state index contributed by atoms with van der Waals surface area (Å²) in [6.07, 6.45) is 1.73. The average molecular weight is 374 g/mol. The van der Waals surface area contributed by atoms with Crippen molar-refractivity contribution in [2.24, 2.45) is 5.10 Å². The van der Waals surface area contributed by atoms with Crippen LogP contribution in [0.4, 0.5) is 5.69 Å². The van der Waals surface area contributed by atoms with E-state index >= 15 is 0 Å². The summed E-state index contributed by atoms with van der Waals surface area (Å²) in [6, 6.07) is 16.6. The predicted octanol–water partition coefficient (Wildman–Crippen LogP) is 3.32. The van der Waals surface area contributed by atoms with Crippen molar-refractivity contribution in [3.8, 4) is 0 Å². The number of para-hydroxylation sites is 1. The van der Waals surface area contributed by atoms with E-state index in [4.69, 9.17) is 0 Å². The van der Waals surface area contributed by atoms with Gasteiger partial charge in [-0.05, 0) is 29.8 Å². The Morgan fingerprint density at radius 1 is 1.00 bits per heavy atom. The molecule has 5 nitrogen and oxygen atoms in total. The molecule has 0 saturated carbocycles. The fourth-order valence-electron chi connectivity index (χ4n) is 1.79. The van der Waals surface area contributed by atoms with Gasteiger partial charge < -0.3 is 5.32 Å². The number of amides is 2. The van der Waals surface area contributed by atoms with Gasteiger partial charge in [-0.2, -0.15) is 5.10 Å². The van der Waals surface area contributed by atoms with E-state index in [-0.39, 0.29) is 24.7 Å². The highest BCUT2D eigenvalue weighted by molar-refractivity contribution is 9.10. The predicted molar refractivity (Wildman–Crippen MR) is 94.2 cm³/mol. The summed E-state index contributed by atoms with van der Waals surface area (Å²) >= 11 is 3.36. The van der Waals surface area contributed by atoms with Crippen LogP contribution in [0.3, 0.4) is 0 Å². The molecule has 0 heterocycles. The second-order valence-corrected chi connectivity index (χ2v) is 5.68. The third-order valence-electron chi connectivity index (χ3n) is 2.89. The molecule has 2 N–H and O–H groups in total. The molecular formula is C17H16BrN3O2. The van der Waals surface area contributed by atoms with Crippen LogP contribution in [0.5, 0.6) is 0 Å². The fourth-order valence-corrected chi connectivity index (χ4v) is 2.21. The van der Waals surface area contributed by atoms with E-state index in [1.54, 1.807) is 18.3 Å². The van der Waals surface area contributed by atoms with Crippen LogP contribution in [0, 0.1) is 0 Å². The molecule has 0 aromatic heterocycles. The number of hydrazone groups is 1. The van der Waals surface area contributed by atoms with Gasteiger partial charge in [0, 0.05) is 23.0 Å². The molecule has 6 heteroatoms. The number of rotatable bonds is 6. The molecule has 0 aliphatic carbocycles. The van der Waals surface area contributed by atoms with Crippen LogP contribution < -0.4 is 10.7 Å². The van der Waals surface area contributed by atoms with Gasteiger partial charge in [0.1, 0.15) is 0 Å². The Kier molecular flexibility index (Phi) is 6.50. The summed E-state index contributed by atoms with van der Waals surface area (Å²) in [6.45, 7) is 0. The van der Waals surface area contributed by atoms with Crippen LogP contribution in [-0.4, -0.2) is 18.0 Å². The minimum absolute atomic E-state index is 0.0779. The number of anilines is 1. The molecule has 23 heavy (non-hydrogen) atoms. The molecule has 2 rings (SSSR count). The van der Waals surface area contributed by atoms with Crippen molar-refractivity contribution < 1.29 is 9.59 Å². The van der Waals surface area contributed by atoms with E-state index in [0.717, 1.165) is 10.0 Å². The largest absolute Gasteiger partial charge is 0.326 e. The standard InChI is InChI=1S/C17H16BrN3O2/c18-14-6-4-5-13(11-14)12-19-21-17(23)10-9-16(22)20-15-7-2-1-3-8-15/h1-8,11-12H,9-10H2,(H,20,22)(H,21,23). The number of halogens is 1. The van der Waals surface area contributed by atoms with Gasteiger partial charge in [-0.25, -0.2) is 5.43 Å². The lowest BCUT2D eigenvalue weighted by Gasteiger charge is -2.04. The Bertz CT molecular complexity index is 702. The number of carbonyl (C=O) groups is 2. The van der Waals surface area contributed by atoms with Crippen molar-refractivity contribution in [1.29, 1.82) is 0 Å². The zero-order valence-corrected chi connectivity index (χ0v) is 13.9. The van der Waals surface area contributed by atoms with Crippen molar-refractivity contribution in [3.63, 3.8) is 0 Å². The maximum Gasteiger partial charge on any atom is 0.240 e. The lowest BCUT2D eigenvalue weighted by molar-refractivity contribution is -0.124. The molecule has 2 aromatic rings. The number of carbonyl (C=O) groups excluding carboxylic acids is 2. The topological polar surface area (TPSA) is 70.6 Å². The number of hydrogen-bond donors (Lipinski definition) is 2. The van der Waals surface area contributed by atoms with Crippen LogP contribution in [-0.2, 0) is 9.59 Å². The molecule has 118 valence electrons. The number of hydrogen-bond acceptors (Lipinski definition) is 3. The summed E-state index contributed by atoms with van der Waals surface area (Å²) in [4.78, 5) is 23.4. The Morgan fingerprint density at radius 3 is 2.48 bits per heavy atom. The van der Waals surface area contributed by atoms with Crippen LogP contribution in [0.1, 0.15) is 18.4 Å². The highest BCUT2D eigenvalue weighted by Gasteiger charge is 2.06. The van der Waals surface area contributed by atoms with Crippen LogP contribution in [0.15, 0.2) is 64.2 Å². The highest BCUT2D eigenvalue weighted by atomic mass is 79.9. The highest BCUT2D eigenvalue weighted by Crippen LogP contribution is 2.10. The fraction of sp³-hybridized carbons (Fsp3) is 0.118. The van der Waals surface area contributed by atoms with Crippen LogP contribution in [0.25, 0.3) is 0 Å². The van der Waals surface area contributed by atoms with Crippen LogP contribution >= 0.6 is 15.9 Å². The molecule has 0 saturated heterocycles. The molecule has 0 radical (unpaired) electrons. The van der Waals surface area contributed by atoms with Crippen molar-refractivity contribution in [1.82, 2.24) is 5.43 Å². The molecule has 0 spiro atoms. The Morgan fingerprint density at radius 2 is 1.74 bits per heavy atom. The van der Waals surface area contributed by atoms with Gasteiger partial charge >= 0.3 is 0 Å². The molecule has 0 atom stereocenters. The van der Waals surface area contributed by atoms with Gasteiger partial charge in [-0.3, -0.25) is 9.59 Å². The van der Waals surface area contributed by atoms with Gasteiger partial charge in [0.05, 0.1) is 6.21 Å². The average Bonchev–Trinajstić information content (AvgIpc) is 2.54. The molecule has 0 fully saturated rings. The molecular weight excluding hydrogens is 358 g/mol. The van der Waals surface area contributed by atoms with Gasteiger partial charge in [0.15, 0.2) is 0 Å². The maximum absolute atomic E-state index is 11.7. The van der Waals surface area contributed by atoms with Crippen molar-refractivity contribution in [2.45, 2.75) is 12.8 Å².